The molecule has 0 spiro atoms. The molecular formula is C14H16O2. The highest BCUT2D eigenvalue weighted by Crippen LogP contribution is 2.22. The number of carbonyl (C=O) groups is 1. The maximum absolute atomic E-state index is 10.9. The number of rotatable bonds is 4. The first-order valence-corrected chi connectivity index (χ1v) is 5.22. The van der Waals surface area contributed by atoms with E-state index in [0.717, 1.165) is 17.5 Å². The summed E-state index contributed by atoms with van der Waals surface area (Å²) in [6, 6.07) is 5.75. The minimum atomic E-state index is -0.303. The van der Waals surface area contributed by atoms with Crippen molar-refractivity contribution in [1.82, 2.24) is 0 Å². The summed E-state index contributed by atoms with van der Waals surface area (Å²) in [6.07, 6.45) is 6.50. The largest absolute Gasteiger partial charge is 0.426 e. The SMILES string of the molecule is C=CCc1ccc(OC(C)=O)c(C=CC)c1. The Balaban J connectivity index is 3.07. The van der Waals surface area contributed by atoms with E-state index in [1.807, 2.05) is 43.4 Å². The highest BCUT2D eigenvalue weighted by atomic mass is 16.5. The third-order valence-electron chi connectivity index (χ3n) is 2.05. The lowest BCUT2D eigenvalue weighted by atomic mass is 10.1. The molecule has 0 amide bonds. The lowest BCUT2D eigenvalue weighted by Gasteiger charge is -2.07. The fourth-order valence-corrected chi connectivity index (χ4v) is 1.45. The first-order valence-electron chi connectivity index (χ1n) is 5.22. The Kier molecular flexibility index (Phi) is 4.52. The van der Waals surface area contributed by atoms with Crippen molar-refractivity contribution in [3.05, 3.63) is 48.1 Å². The van der Waals surface area contributed by atoms with Crippen LogP contribution in [0, 0.1) is 0 Å². The molecule has 2 nitrogen and oxygen atoms in total. The van der Waals surface area contributed by atoms with Crippen molar-refractivity contribution in [1.29, 1.82) is 0 Å². The van der Waals surface area contributed by atoms with Crippen LogP contribution in [0.4, 0.5) is 0 Å². The topological polar surface area (TPSA) is 26.3 Å². The van der Waals surface area contributed by atoms with Gasteiger partial charge in [-0.2, -0.15) is 0 Å². The van der Waals surface area contributed by atoms with Gasteiger partial charge < -0.3 is 4.74 Å². The lowest BCUT2D eigenvalue weighted by Crippen LogP contribution is -2.03. The van der Waals surface area contributed by atoms with Crippen LogP contribution in [0.2, 0.25) is 0 Å². The molecule has 0 radical (unpaired) electrons. The molecule has 0 unspecified atom stereocenters. The second-order valence-corrected chi connectivity index (χ2v) is 3.46. The number of hydrogen-bond donors (Lipinski definition) is 0. The molecule has 0 saturated heterocycles. The molecule has 1 aromatic rings. The Morgan fingerprint density at radius 3 is 2.81 bits per heavy atom. The highest BCUT2D eigenvalue weighted by molar-refractivity contribution is 5.72. The molecule has 0 aliphatic rings. The molecule has 2 heteroatoms. The minimum Gasteiger partial charge on any atom is -0.426 e. The van der Waals surface area contributed by atoms with Gasteiger partial charge in [0.25, 0.3) is 0 Å². The maximum Gasteiger partial charge on any atom is 0.308 e. The quantitative estimate of drug-likeness (QED) is 0.438. The Hall–Kier alpha value is -1.83. The smallest absolute Gasteiger partial charge is 0.308 e. The van der Waals surface area contributed by atoms with Crippen LogP contribution in [-0.4, -0.2) is 5.97 Å². The molecule has 0 N–H and O–H groups in total. The second-order valence-electron chi connectivity index (χ2n) is 3.46. The highest BCUT2D eigenvalue weighted by Gasteiger charge is 2.04. The summed E-state index contributed by atoms with van der Waals surface area (Å²) >= 11 is 0. The number of hydrogen-bond acceptors (Lipinski definition) is 2. The molecule has 84 valence electrons. The number of benzene rings is 1. The van der Waals surface area contributed by atoms with Gasteiger partial charge in [0.1, 0.15) is 5.75 Å². The zero-order valence-corrected chi connectivity index (χ0v) is 9.69. The fourth-order valence-electron chi connectivity index (χ4n) is 1.45. The second kappa shape index (κ2) is 5.91. The van der Waals surface area contributed by atoms with E-state index in [1.54, 1.807) is 0 Å². The zero-order valence-electron chi connectivity index (χ0n) is 9.69. The van der Waals surface area contributed by atoms with Crippen molar-refractivity contribution in [3.63, 3.8) is 0 Å². The van der Waals surface area contributed by atoms with Crippen LogP contribution in [0.3, 0.4) is 0 Å². The molecule has 0 aromatic heterocycles. The summed E-state index contributed by atoms with van der Waals surface area (Å²) in [6.45, 7) is 7.03. The monoisotopic (exact) mass is 216 g/mol. The van der Waals surface area contributed by atoms with Crippen molar-refractivity contribution < 1.29 is 9.53 Å². The molecule has 0 saturated carbocycles. The molecule has 0 bridgehead atoms. The lowest BCUT2D eigenvalue weighted by molar-refractivity contribution is -0.131. The molecule has 0 aliphatic heterocycles. The van der Waals surface area contributed by atoms with E-state index in [1.165, 1.54) is 6.92 Å². The minimum absolute atomic E-state index is 0.303. The molecule has 0 aliphatic carbocycles. The van der Waals surface area contributed by atoms with Crippen molar-refractivity contribution >= 4 is 12.0 Å². The van der Waals surface area contributed by atoms with Gasteiger partial charge in [0.2, 0.25) is 0 Å². The summed E-state index contributed by atoms with van der Waals surface area (Å²) in [5.41, 5.74) is 2.07. The third kappa shape index (κ3) is 3.39. The van der Waals surface area contributed by atoms with Gasteiger partial charge in [0.15, 0.2) is 0 Å². The molecule has 16 heavy (non-hydrogen) atoms. The van der Waals surface area contributed by atoms with E-state index >= 15 is 0 Å². The van der Waals surface area contributed by atoms with Gasteiger partial charge >= 0.3 is 5.97 Å². The van der Waals surface area contributed by atoms with Crippen LogP contribution >= 0.6 is 0 Å². The zero-order chi connectivity index (χ0) is 12.0. The van der Waals surface area contributed by atoms with E-state index in [9.17, 15) is 4.79 Å². The standard InChI is InChI=1S/C14H16O2/c1-4-6-12-8-9-14(16-11(3)15)13(10-12)7-5-2/h4-5,7-10H,1,6H2,2-3H3. The molecule has 0 atom stereocenters. The van der Waals surface area contributed by atoms with Crippen LogP contribution in [0.15, 0.2) is 36.9 Å². The summed E-state index contributed by atoms with van der Waals surface area (Å²) in [4.78, 5) is 10.9. The van der Waals surface area contributed by atoms with Crippen LogP contribution in [0.1, 0.15) is 25.0 Å². The predicted octanol–water partition coefficient (Wildman–Crippen LogP) is 3.37. The summed E-state index contributed by atoms with van der Waals surface area (Å²) in [5.74, 6) is 0.292. The molecule has 1 aromatic carbocycles. The number of carbonyl (C=O) groups excluding carboxylic acids is 1. The Morgan fingerprint density at radius 1 is 1.50 bits per heavy atom. The number of ether oxygens (including phenoxy) is 1. The molecule has 1 rings (SSSR count). The summed E-state index contributed by atoms with van der Waals surface area (Å²) in [7, 11) is 0. The van der Waals surface area contributed by atoms with Crippen molar-refractivity contribution in [2.45, 2.75) is 20.3 Å². The number of esters is 1. The average Bonchev–Trinajstić information content (AvgIpc) is 2.22. The number of allylic oxidation sites excluding steroid dienone is 2. The Labute approximate surface area is 96.2 Å². The molecule has 0 heterocycles. The van der Waals surface area contributed by atoms with E-state index in [-0.39, 0.29) is 5.97 Å². The van der Waals surface area contributed by atoms with Gasteiger partial charge in [0, 0.05) is 12.5 Å². The van der Waals surface area contributed by atoms with Crippen molar-refractivity contribution in [3.8, 4) is 5.75 Å². The van der Waals surface area contributed by atoms with E-state index in [2.05, 4.69) is 6.58 Å². The van der Waals surface area contributed by atoms with E-state index in [0.29, 0.717) is 5.75 Å². The molecule has 0 fully saturated rings. The van der Waals surface area contributed by atoms with Gasteiger partial charge in [-0.15, -0.1) is 6.58 Å². The first-order chi connectivity index (χ1) is 7.67. The van der Waals surface area contributed by atoms with Crippen molar-refractivity contribution in [2.75, 3.05) is 0 Å². The van der Waals surface area contributed by atoms with Gasteiger partial charge in [-0.1, -0.05) is 24.3 Å². The summed E-state index contributed by atoms with van der Waals surface area (Å²) in [5, 5.41) is 0. The van der Waals surface area contributed by atoms with E-state index in [4.69, 9.17) is 4.74 Å². The van der Waals surface area contributed by atoms with Crippen LogP contribution in [-0.2, 0) is 11.2 Å². The molecular weight excluding hydrogens is 200 g/mol. The Bertz CT molecular complexity index is 417. The van der Waals surface area contributed by atoms with Gasteiger partial charge in [-0.05, 0) is 31.0 Å². The van der Waals surface area contributed by atoms with E-state index < -0.39 is 0 Å². The van der Waals surface area contributed by atoms with Gasteiger partial charge in [-0.3, -0.25) is 4.79 Å². The average molecular weight is 216 g/mol. The third-order valence-corrected chi connectivity index (χ3v) is 2.05. The first kappa shape index (κ1) is 12.2. The van der Waals surface area contributed by atoms with Gasteiger partial charge in [0.05, 0.1) is 0 Å². The fraction of sp³-hybridized carbons (Fsp3) is 0.214. The maximum atomic E-state index is 10.9. The van der Waals surface area contributed by atoms with Crippen molar-refractivity contribution in [2.24, 2.45) is 0 Å². The normalized spacial score (nSPS) is 10.4. The summed E-state index contributed by atoms with van der Waals surface area (Å²) < 4.78 is 5.12. The van der Waals surface area contributed by atoms with Crippen LogP contribution < -0.4 is 4.74 Å². The Morgan fingerprint density at radius 2 is 2.25 bits per heavy atom. The van der Waals surface area contributed by atoms with Crippen LogP contribution in [0.25, 0.3) is 6.08 Å². The predicted molar refractivity (Wildman–Crippen MR) is 66.4 cm³/mol. The van der Waals surface area contributed by atoms with Crippen LogP contribution in [0.5, 0.6) is 5.75 Å². The van der Waals surface area contributed by atoms with Gasteiger partial charge in [-0.25, -0.2) is 0 Å².